The van der Waals surface area contributed by atoms with Gasteiger partial charge in [-0.1, -0.05) is 23.2 Å². The van der Waals surface area contributed by atoms with E-state index >= 15 is 0 Å². The van der Waals surface area contributed by atoms with Gasteiger partial charge in [-0.2, -0.15) is 0 Å². The van der Waals surface area contributed by atoms with Crippen molar-refractivity contribution in [2.75, 3.05) is 0 Å². The predicted molar refractivity (Wildman–Crippen MR) is 69.6 cm³/mol. The summed E-state index contributed by atoms with van der Waals surface area (Å²) < 4.78 is 0.672. The average molecular weight is 301 g/mol. The molecule has 0 saturated heterocycles. The van der Waals surface area contributed by atoms with Crippen LogP contribution >= 0.6 is 23.2 Å². The van der Waals surface area contributed by atoms with Gasteiger partial charge in [0.2, 0.25) is 0 Å². The maximum Gasteiger partial charge on any atom is 0.342 e. The van der Waals surface area contributed by atoms with Crippen LogP contribution in [-0.4, -0.2) is 20.6 Å². The third-order valence-corrected chi connectivity index (χ3v) is 3.11. The highest BCUT2D eigenvalue weighted by molar-refractivity contribution is 6.42. The molecule has 0 aliphatic rings. The van der Waals surface area contributed by atoms with Gasteiger partial charge in [0.25, 0.3) is 5.56 Å². The summed E-state index contributed by atoms with van der Waals surface area (Å²) in [4.78, 5) is 36.6. The van der Waals surface area contributed by atoms with Crippen molar-refractivity contribution in [2.24, 2.45) is 0 Å². The van der Waals surface area contributed by atoms with Crippen molar-refractivity contribution in [1.29, 1.82) is 0 Å². The van der Waals surface area contributed by atoms with Gasteiger partial charge in [0.1, 0.15) is 5.56 Å². The molecule has 19 heavy (non-hydrogen) atoms. The number of hydrogen-bond acceptors (Lipinski definition) is 3. The van der Waals surface area contributed by atoms with E-state index in [0.717, 1.165) is 6.20 Å². The van der Waals surface area contributed by atoms with E-state index in [1.807, 2.05) is 0 Å². The lowest BCUT2D eigenvalue weighted by molar-refractivity contribution is 0.0694. The molecule has 0 unspecified atom stereocenters. The van der Waals surface area contributed by atoms with E-state index in [0.29, 0.717) is 4.57 Å². The van der Waals surface area contributed by atoms with Crippen molar-refractivity contribution in [3.63, 3.8) is 0 Å². The van der Waals surface area contributed by atoms with Crippen molar-refractivity contribution >= 4 is 29.2 Å². The molecular formula is C11H6Cl2N2O4. The van der Waals surface area contributed by atoms with Crippen molar-refractivity contribution in [3.05, 3.63) is 60.8 Å². The standard InChI is InChI=1S/C11H6Cl2N2O4/c12-7-2-1-5(3-8(7)13)15-9(16)6(10(17)18)4-14-11(15)19/h1-4H,(H,14,19)(H,17,18). The number of carbonyl (C=O) groups is 1. The summed E-state index contributed by atoms with van der Waals surface area (Å²) in [6.07, 6.45) is 0.848. The Hall–Kier alpha value is -2.05. The molecular weight excluding hydrogens is 295 g/mol. The zero-order valence-electron chi connectivity index (χ0n) is 9.18. The molecule has 0 spiro atoms. The Morgan fingerprint density at radius 2 is 1.89 bits per heavy atom. The quantitative estimate of drug-likeness (QED) is 0.880. The van der Waals surface area contributed by atoms with Crippen LogP contribution in [0.15, 0.2) is 34.0 Å². The summed E-state index contributed by atoms with van der Waals surface area (Å²) >= 11 is 11.5. The molecule has 1 aromatic carbocycles. The van der Waals surface area contributed by atoms with E-state index < -0.39 is 22.8 Å². The van der Waals surface area contributed by atoms with Gasteiger partial charge in [0.05, 0.1) is 15.7 Å². The second-order valence-corrected chi connectivity index (χ2v) is 4.37. The van der Waals surface area contributed by atoms with Gasteiger partial charge in [-0.15, -0.1) is 0 Å². The number of hydrogen-bond donors (Lipinski definition) is 2. The van der Waals surface area contributed by atoms with Crippen LogP contribution in [0.4, 0.5) is 0 Å². The summed E-state index contributed by atoms with van der Waals surface area (Å²) in [6, 6.07) is 4.08. The van der Waals surface area contributed by atoms with E-state index in [1.54, 1.807) is 0 Å². The number of halogens is 2. The molecule has 0 aliphatic carbocycles. The van der Waals surface area contributed by atoms with Gasteiger partial charge >= 0.3 is 11.7 Å². The maximum absolute atomic E-state index is 11.9. The lowest BCUT2D eigenvalue weighted by Gasteiger charge is -2.06. The Morgan fingerprint density at radius 3 is 2.47 bits per heavy atom. The van der Waals surface area contributed by atoms with Crippen molar-refractivity contribution in [1.82, 2.24) is 9.55 Å². The fraction of sp³-hybridized carbons (Fsp3) is 0. The van der Waals surface area contributed by atoms with Gasteiger partial charge < -0.3 is 10.1 Å². The molecule has 98 valence electrons. The molecule has 0 saturated carbocycles. The fourth-order valence-corrected chi connectivity index (χ4v) is 1.78. The lowest BCUT2D eigenvalue weighted by atomic mass is 10.3. The van der Waals surface area contributed by atoms with E-state index in [-0.39, 0.29) is 15.7 Å². The molecule has 8 heteroatoms. The van der Waals surface area contributed by atoms with Crippen LogP contribution in [0.5, 0.6) is 0 Å². The third kappa shape index (κ3) is 2.40. The monoisotopic (exact) mass is 300 g/mol. The molecule has 0 bridgehead atoms. The first-order valence-electron chi connectivity index (χ1n) is 4.95. The number of benzene rings is 1. The van der Waals surface area contributed by atoms with Crippen LogP contribution in [-0.2, 0) is 0 Å². The number of rotatable bonds is 2. The first kappa shape index (κ1) is 13.4. The number of aromatic amines is 1. The lowest BCUT2D eigenvalue weighted by Crippen LogP contribution is -2.36. The van der Waals surface area contributed by atoms with Crippen LogP contribution in [0.2, 0.25) is 10.0 Å². The van der Waals surface area contributed by atoms with E-state index in [4.69, 9.17) is 28.3 Å². The number of carboxylic acids is 1. The minimum absolute atomic E-state index is 0.128. The average Bonchev–Trinajstić information content (AvgIpc) is 2.33. The highest BCUT2D eigenvalue weighted by atomic mass is 35.5. The Kier molecular flexibility index (Phi) is 3.46. The predicted octanol–water partition coefficient (Wildman–Crippen LogP) is 1.53. The highest BCUT2D eigenvalue weighted by Gasteiger charge is 2.15. The van der Waals surface area contributed by atoms with E-state index in [1.165, 1.54) is 18.2 Å². The molecule has 2 rings (SSSR count). The first-order chi connectivity index (χ1) is 8.91. The SMILES string of the molecule is O=C(O)c1c[nH]c(=O)n(-c2ccc(Cl)c(Cl)c2)c1=O. The zero-order valence-corrected chi connectivity index (χ0v) is 10.7. The molecule has 0 radical (unpaired) electrons. The third-order valence-electron chi connectivity index (χ3n) is 2.37. The largest absolute Gasteiger partial charge is 0.477 e. The van der Waals surface area contributed by atoms with Crippen LogP contribution in [0.1, 0.15) is 10.4 Å². The van der Waals surface area contributed by atoms with E-state index in [9.17, 15) is 14.4 Å². The number of carboxylic acid groups (broad SMARTS) is 1. The van der Waals surface area contributed by atoms with Gasteiger partial charge in [-0.3, -0.25) is 4.79 Å². The molecule has 1 heterocycles. The number of nitrogens with one attached hydrogen (secondary N) is 1. The van der Waals surface area contributed by atoms with Gasteiger partial charge in [0, 0.05) is 6.20 Å². The Labute approximate surface area is 115 Å². The maximum atomic E-state index is 11.9. The van der Waals surface area contributed by atoms with Crippen molar-refractivity contribution < 1.29 is 9.90 Å². The van der Waals surface area contributed by atoms with Gasteiger partial charge in [0.15, 0.2) is 0 Å². The molecule has 1 aromatic heterocycles. The molecule has 0 atom stereocenters. The summed E-state index contributed by atoms with van der Waals surface area (Å²) in [5, 5.41) is 9.24. The van der Waals surface area contributed by atoms with Crippen molar-refractivity contribution in [2.45, 2.75) is 0 Å². The second kappa shape index (κ2) is 4.91. The fourth-order valence-electron chi connectivity index (χ4n) is 1.48. The summed E-state index contributed by atoms with van der Waals surface area (Å²) in [7, 11) is 0. The summed E-state index contributed by atoms with van der Waals surface area (Å²) in [5.74, 6) is -1.44. The minimum Gasteiger partial charge on any atom is -0.477 e. The molecule has 6 nitrogen and oxygen atoms in total. The summed E-state index contributed by atoms with van der Waals surface area (Å²) in [6.45, 7) is 0. The minimum atomic E-state index is -1.44. The Balaban J connectivity index is 2.78. The topological polar surface area (TPSA) is 92.2 Å². The van der Waals surface area contributed by atoms with Crippen LogP contribution in [0, 0.1) is 0 Å². The number of aromatic nitrogens is 2. The molecule has 2 N–H and O–H groups in total. The van der Waals surface area contributed by atoms with Crippen LogP contribution in [0.25, 0.3) is 5.69 Å². The number of aromatic carboxylic acids is 1. The van der Waals surface area contributed by atoms with Crippen LogP contribution in [0.3, 0.4) is 0 Å². The smallest absolute Gasteiger partial charge is 0.342 e. The molecule has 0 aliphatic heterocycles. The first-order valence-corrected chi connectivity index (χ1v) is 5.71. The van der Waals surface area contributed by atoms with Crippen LogP contribution < -0.4 is 11.2 Å². The molecule has 0 amide bonds. The number of nitrogens with zero attached hydrogens (tertiary/aromatic N) is 1. The molecule has 2 aromatic rings. The van der Waals surface area contributed by atoms with Gasteiger partial charge in [-0.25, -0.2) is 14.2 Å². The number of H-pyrrole nitrogens is 1. The van der Waals surface area contributed by atoms with E-state index in [2.05, 4.69) is 4.98 Å². The Bertz CT molecular complexity index is 779. The second-order valence-electron chi connectivity index (χ2n) is 3.55. The highest BCUT2D eigenvalue weighted by Crippen LogP contribution is 2.23. The molecule has 0 fully saturated rings. The van der Waals surface area contributed by atoms with Gasteiger partial charge in [-0.05, 0) is 18.2 Å². The van der Waals surface area contributed by atoms with Crippen molar-refractivity contribution in [3.8, 4) is 5.69 Å². The normalized spacial score (nSPS) is 10.4. The zero-order chi connectivity index (χ0) is 14.2. The Morgan fingerprint density at radius 1 is 1.21 bits per heavy atom. The summed E-state index contributed by atoms with van der Waals surface area (Å²) in [5.41, 5.74) is -2.14.